The molecule has 3 aromatic rings. The molecular formula is C23H26N2O6S. The molecule has 0 radical (unpaired) electrons. The van der Waals surface area contributed by atoms with E-state index in [1.807, 2.05) is 18.2 Å². The molecule has 3 rings (SSSR count). The van der Waals surface area contributed by atoms with Gasteiger partial charge in [-0.2, -0.15) is 0 Å². The second-order valence-corrected chi connectivity index (χ2v) is 9.45. The first kappa shape index (κ1) is 23.3. The fraction of sp³-hybridized carbons (Fsp3) is 0.304. The van der Waals surface area contributed by atoms with Crippen LogP contribution in [0.4, 0.5) is 0 Å². The van der Waals surface area contributed by atoms with Crippen LogP contribution in [-0.4, -0.2) is 58.7 Å². The average Bonchev–Trinajstić information content (AvgIpc) is 2.81. The predicted molar refractivity (Wildman–Crippen MR) is 123 cm³/mol. The molecule has 8 nitrogen and oxygen atoms in total. The molecular weight excluding hydrogens is 432 g/mol. The van der Waals surface area contributed by atoms with Crippen LogP contribution in [0, 0.1) is 0 Å². The Morgan fingerprint density at radius 1 is 1.00 bits per heavy atom. The minimum absolute atomic E-state index is 0.0329. The van der Waals surface area contributed by atoms with Crippen molar-refractivity contribution in [2.45, 2.75) is 6.92 Å². The number of hydrogen-bond donors (Lipinski definition) is 1. The van der Waals surface area contributed by atoms with E-state index in [9.17, 15) is 13.2 Å². The molecule has 0 unspecified atom stereocenters. The van der Waals surface area contributed by atoms with Gasteiger partial charge in [0.15, 0.2) is 21.3 Å². The van der Waals surface area contributed by atoms with E-state index >= 15 is 0 Å². The summed E-state index contributed by atoms with van der Waals surface area (Å²) in [7, 11) is 1.40. The number of ether oxygens (including phenoxy) is 3. The zero-order chi connectivity index (χ0) is 23.3. The molecule has 0 saturated heterocycles. The summed E-state index contributed by atoms with van der Waals surface area (Å²) in [5.41, 5.74) is 2.24. The predicted octanol–water partition coefficient (Wildman–Crippen LogP) is 3.09. The summed E-state index contributed by atoms with van der Waals surface area (Å²) in [5.74, 6) is 0.933. The number of fused-ring (bicyclic) bond motifs is 1. The molecule has 1 heterocycles. The SMILES string of the molecule is CCS(=O)(=O)CCNC(=O)c1cc(-c2cc(OC)c(OC)c(OC)c2)nc2ccccc12. The van der Waals surface area contributed by atoms with Crippen LogP contribution < -0.4 is 19.5 Å². The van der Waals surface area contributed by atoms with Gasteiger partial charge < -0.3 is 19.5 Å². The Labute approximate surface area is 187 Å². The zero-order valence-electron chi connectivity index (χ0n) is 18.5. The van der Waals surface area contributed by atoms with Crippen molar-refractivity contribution in [3.63, 3.8) is 0 Å². The van der Waals surface area contributed by atoms with Crippen molar-refractivity contribution in [2.75, 3.05) is 39.4 Å². The number of amides is 1. The molecule has 0 aliphatic heterocycles. The molecule has 1 N–H and O–H groups in total. The molecule has 0 atom stereocenters. The fourth-order valence-corrected chi connectivity index (χ4v) is 4.00. The van der Waals surface area contributed by atoms with Crippen LogP contribution in [-0.2, 0) is 9.84 Å². The number of nitrogens with zero attached hydrogens (tertiary/aromatic N) is 1. The van der Waals surface area contributed by atoms with Gasteiger partial charge in [0.2, 0.25) is 5.75 Å². The molecule has 0 spiro atoms. The van der Waals surface area contributed by atoms with Crippen molar-refractivity contribution < 1.29 is 27.4 Å². The molecule has 170 valence electrons. The third kappa shape index (κ3) is 4.94. The van der Waals surface area contributed by atoms with Gasteiger partial charge in [-0.15, -0.1) is 0 Å². The fourth-order valence-electron chi connectivity index (χ4n) is 3.30. The number of nitrogens with one attached hydrogen (secondary N) is 1. The molecule has 0 aliphatic carbocycles. The van der Waals surface area contributed by atoms with Crippen molar-refractivity contribution >= 4 is 26.6 Å². The summed E-state index contributed by atoms with van der Waals surface area (Å²) in [6, 6.07) is 12.5. The molecule has 9 heteroatoms. The lowest BCUT2D eigenvalue weighted by Crippen LogP contribution is -2.29. The Kier molecular flexibility index (Phi) is 7.19. The van der Waals surface area contributed by atoms with Crippen LogP contribution in [0.15, 0.2) is 42.5 Å². The highest BCUT2D eigenvalue weighted by Gasteiger charge is 2.18. The Morgan fingerprint density at radius 2 is 1.66 bits per heavy atom. The van der Waals surface area contributed by atoms with E-state index in [2.05, 4.69) is 5.32 Å². The van der Waals surface area contributed by atoms with Crippen molar-refractivity contribution in [1.29, 1.82) is 0 Å². The van der Waals surface area contributed by atoms with Gasteiger partial charge in [0.25, 0.3) is 5.91 Å². The lowest BCUT2D eigenvalue weighted by atomic mass is 10.0. The maximum atomic E-state index is 13.0. The largest absolute Gasteiger partial charge is 0.493 e. The van der Waals surface area contributed by atoms with E-state index in [0.29, 0.717) is 45.0 Å². The number of para-hydroxylation sites is 1. The highest BCUT2D eigenvalue weighted by Crippen LogP contribution is 2.41. The number of benzene rings is 2. The summed E-state index contributed by atoms with van der Waals surface area (Å²) >= 11 is 0. The van der Waals surface area contributed by atoms with Gasteiger partial charge in [-0.05, 0) is 24.3 Å². The average molecular weight is 459 g/mol. The number of pyridine rings is 1. The summed E-state index contributed by atoms with van der Waals surface area (Å²) in [6.07, 6.45) is 0. The second kappa shape index (κ2) is 9.86. The first-order valence-corrected chi connectivity index (χ1v) is 11.8. The van der Waals surface area contributed by atoms with E-state index in [-0.39, 0.29) is 24.0 Å². The van der Waals surface area contributed by atoms with Crippen molar-refractivity contribution in [3.8, 4) is 28.5 Å². The summed E-state index contributed by atoms with van der Waals surface area (Å²) in [5, 5.41) is 3.37. The Hall–Kier alpha value is -3.33. The Morgan fingerprint density at radius 3 is 2.25 bits per heavy atom. The van der Waals surface area contributed by atoms with Gasteiger partial charge in [-0.25, -0.2) is 13.4 Å². The van der Waals surface area contributed by atoms with E-state index in [4.69, 9.17) is 19.2 Å². The van der Waals surface area contributed by atoms with Crippen LogP contribution in [0.1, 0.15) is 17.3 Å². The maximum Gasteiger partial charge on any atom is 0.252 e. The van der Waals surface area contributed by atoms with Crippen LogP contribution in [0.5, 0.6) is 17.2 Å². The van der Waals surface area contributed by atoms with Gasteiger partial charge in [0.1, 0.15) is 0 Å². The van der Waals surface area contributed by atoms with Gasteiger partial charge in [-0.1, -0.05) is 25.1 Å². The van der Waals surface area contributed by atoms with Crippen molar-refractivity contribution in [3.05, 3.63) is 48.0 Å². The van der Waals surface area contributed by atoms with Gasteiger partial charge in [0.05, 0.1) is 43.9 Å². The van der Waals surface area contributed by atoms with Crippen LogP contribution in [0.2, 0.25) is 0 Å². The van der Waals surface area contributed by atoms with E-state index in [1.165, 1.54) is 21.3 Å². The topological polar surface area (TPSA) is 104 Å². The number of carbonyl (C=O) groups is 1. The number of carbonyl (C=O) groups excluding carboxylic acids is 1. The quantitative estimate of drug-likeness (QED) is 0.525. The highest BCUT2D eigenvalue weighted by molar-refractivity contribution is 7.91. The maximum absolute atomic E-state index is 13.0. The number of hydrogen-bond acceptors (Lipinski definition) is 7. The molecule has 0 bridgehead atoms. The standard InChI is InChI=1S/C23H26N2O6S/c1-5-32(27,28)11-10-24-23(26)17-14-19(25-18-9-7-6-8-16(17)18)15-12-20(29-2)22(31-4)21(13-15)30-3/h6-9,12-14H,5,10-11H2,1-4H3,(H,24,26). The first-order chi connectivity index (χ1) is 15.3. The number of methoxy groups -OCH3 is 3. The third-order valence-electron chi connectivity index (χ3n) is 5.06. The lowest BCUT2D eigenvalue weighted by Gasteiger charge is -2.15. The number of rotatable bonds is 9. The highest BCUT2D eigenvalue weighted by atomic mass is 32.2. The van der Waals surface area contributed by atoms with E-state index in [1.54, 1.807) is 31.2 Å². The molecule has 0 fully saturated rings. The normalized spacial score (nSPS) is 11.2. The van der Waals surface area contributed by atoms with Crippen LogP contribution >= 0.6 is 0 Å². The first-order valence-electron chi connectivity index (χ1n) is 10.0. The smallest absolute Gasteiger partial charge is 0.252 e. The molecule has 0 saturated carbocycles. The van der Waals surface area contributed by atoms with Gasteiger partial charge >= 0.3 is 0 Å². The minimum atomic E-state index is -3.18. The molecule has 2 aromatic carbocycles. The van der Waals surface area contributed by atoms with Crippen molar-refractivity contribution in [2.24, 2.45) is 0 Å². The van der Waals surface area contributed by atoms with Crippen molar-refractivity contribution in [1.82, 2.24) is 10.3 Å². The van der Waals surface area contributed by atoms with E-state index < -0.39 is 9.84 Å². The monoisotopic (exact) mass is 458 g/mol. The zero-order valence-corrected chi connectivity index (χ0v) is 19.3. The lowest BCUT2D eigenvalue weighted by molar-refractivity contribution is 0.0957. The third-order valence-corrected chi connectivity index (χ3v) is 6.77. The second-order valence-electron chi connectivity index (χ2n) is 6.98. The summed E-state index contributed by atoms with van der Waals surface area (Å²) in [6.45, 7) is 1.61. The van der Waals surface area contributed by atoms with Gasteiger partial charge in [-0.3, -0.25) is 4.79 Å². The number of sulfone groups is 1. The molecule has 32 heavy (non-hydrogen) atoms. The van der Waals surface area contributed by atoms with E-state index in [0.717, 1.165) is 0 Å². The number of aromatic nitrogens is 1. The summed E-state index contributed by atoms with van der Waals surface area (Å²) < 4.78 is 39.7. The Balaban J connectivity index is 2.06. The van der Waals surface area contributed by atoms with Crippen LogP contribution in [0.25, 0.3) is 22.2 Å². The van der Waals surface area contributed by atoms with Gasteiger partial charge in [0, 0.05) is 23.2 Å². The minimum Gasteiger partial charge on any atom is -0.493 e. The molecule has 1 amide bonds. The molecule has 0 aliphatic rings. The summed E-state index contributed by atoms with van der Waals surface area (Å²) in [4.78, 5) is 17.7. The van der Waals surface area contributed by atoms with Crippen LogP contribution in [0.3, 0.4) is 0 Å². The molecule has 1 aromatic heterocycles. The Bertz CT molecular complexity index is 1220.